The summed E-state index contributed by atoms with van der Waals surface area (Å²) in [6.45, 7) is 5.78. The van der Waals surface area contributed by atoms with E-state index in [4.69, 9.17) is 0 Å². The molecule has 0 aromatic carbocycles. The van der Waals surface area contributed by atoms with E-state index in [0.29, 0.717) is 19.0 Å². The van der Waals surface area contributed by atoms with E-state index in [1.807, 2.05) is 6.92 Å². The van der Waals surface area contributed by atoms with Gasteiger partial charge < -0.3 is 15.7 Å². The lowest BCUT2D eigenvalue weighted by atomic mass is 9.76. The molecule has 0 bridgehead atoms. The van der Waals surface area contributed by atoms with Crippen LogP contribution in [0, 0.1) is 0 Å². The predicted molar refractivity (Wildman–Crippen MR) is 134 cm³/mol. The highest BCUT2D eigenvalue weighted by Gasteiger charge is 2.58. The molecule has 1 saturated heterocycles. The van der Waals surface area contributed by atoms with Gasteiger partial charge in [-0.3, -0.25) is 9.69 Å². The molecule has 1 aliphatic carbocycles. The molecule has 1 amide bonds. The van der Waals surface area contributed by atoms with Crippen molar-refractivity contribution < 1.29 is 36.2 Å². The number of likely N-dealkylation sites (tertiary alicyclic amines) is 1. The number of rotatable bonds is 8. The Kier molecular flexibility index (Phi) is 7.96. The Morgan fingerprint density at radius 3 is 2.41 bits per heavy atom. The van der Waals surface area contributed by atoms with E-state index in [0.717, 1.165) is 30.4 Å². The summed E-state index contributed by atoms with van der Waals surface area (Å²) in [5, 5.41) is 14.6. The summed E-state index contributed by atoms with van der Waals surface area (Å²) in [7, 11) is 0. The maximum atomic E-state index is 14.3. The van der Waals surface area contributed by atoms with Crippen LogP contribution in [0.2, 0.25) is 0 Å². The van der Waals surface area contributed by atoms with Crippen LogP contribution in [-0.2, 0) is 12.7 Å². The lowest BCUT2D eigenvalue weighted by Crippen LogP contribution is -2.57. The molecular weight excluding hydrogens is 548 g/mol. The van der Waals surface area contributed by atoms with Crippen molar-refractivity contribution >= 4 is 23.1 Å². The molecule has 2 aromatic rings. The van der Waals surface area contributed by atoms with Crippen LogP contribution in [0.4, 0.5) is 32.2 Å². The summed E-state index contributed by atoms with van der Waals surface area (Å²) in [6, 6.07) is 0.761. The molecule has 216 valence electrons. The van der Waals surface area contributed by atoms with Gasteiger partial charge in [-0.05, 0) is 65.5 Å². The molecule has 14 heteroatoms. The molecule has 2 aliphatic rings. The van der Waals surface area contributed by atoms with Crippen LogP contribution in [0.25, 0.3) is 10.4 Å². The fourth-order valence-electron chi connectivity index (χ4n) is 4.75. The zero-order valence-corrected chi connectivity index (χ0v) is 22.6. The predicted octanol–water partition coefficient (Wildman–Crippen LogP) is 5.61. The SMILES string of the molecule is C[C@H]1CCCN1Cc1nc(C(=O)NCC(C)(C)O)sc1-c1cnc(NC2(C(F)(F)F)CCC2)cc1C(F)(F)F. The van der Waals surface area contributed by atoms with Crippen LogP contribution < -0.4 is 10.6 Å². The number of nitrogens with zero attached hydrogens (tertiary/aromatic N) is 3. The molecule has 0 spiro atoms. The fourth-order valence-corrected chi connectivity index (χ4v) is 5.77. The van der Waals surface area contributed by atoms with Gasteiger partial charge in [-0.25, -0.2) is 9.97 Å². The van der Waals surface area contributed by atoms with Gasteiger partial charge in [-0.2, -0.15) is 26.3 Å². The van der Waals surface area contributed by atoms with E-state index in [1.165, 1.54) is 13.8 Å². The smallest absolute Gasteiger partial charge is 0.389 e. The highest BCUT2D eigenvalue weighted by Crippen LogP contribution is 2.48. The number of thiazole rings is 1. The number of anilines is 1. The first kappa shape index (κ1) is 29.5. The van der Waals surface area contributed by atoms with Crippen LogP contribution in [0.15, 0.2) is 12.3 Å². The summed E-state index contributed by atoms with van der Waals surface area (Å²) < 4.78 is 83.8. The van der Waals surface area contributed by atoms with Crippen LogP contribution in [-0.4, -0.2) is 62.3 Å². The molecule has 2 aromatic heterocycles. The second-order valence-corrected chi connectivity index (χ2v) is 11.9. The van der Waals surface area contributed by atoms with Crippen molar-refractivity contribution in [1.82, 2.24) is 20.2 Å². The Morgan fingerprint density at radius 1 is 1.21 bits per heavy atom. The molecule has 39 heavy (non-hydrogen) atoms. The van der Waals surface area contributed by atoms with Crippen LogP contribution in [0.1, 0.15) is 73.9 Å². The number of halogens is 6. The number of alkyl halides is 6. The maximum Gasteiger partial charge on any atom is 0.417 e. The number of nitrogens with one attached hydrogen (secondary N) is 2. The minimum absolute atomic E-state index is 0.0723. The molecule has 0 radical (unpaired) electrons. The molecule has 3 N–H and O–H groups in total. The average molecular weight is 580 g/mol. The van der Waals surface area contributed by atoms with E-state index < -0.39 is 40.8 Å². The highest BCUT2D eigenvalue weighted by molar-refractivity contribution is 7.17. The van der Waals surface area contributed by atoms with Crippen molar-refractivity contribution in [3.8, 4) is 10.4 Å². The largest absolute Gasteiger partial charge is 0.417 e. The summed E-state index contributed by atoms with van der Waals surface area (Å²) >= 11 is 0.753. The van der Waals surface area contributed by atoms with Crippen molar-refractivity contribution in [3.63, 3.8) is 0 Å². The molecule has 1 aliphatic heterocycles. The molecule has 1 saturated carbocycles. The normalized spacial score (nSPS) is 20.1. The van der Waals surface area contributed by atoms with Crippen LogP contribution in [0.5, 0.6) is 0 Å². The first-order chi connectivity index (χ1) is 18.0. The number of hydrogen-bond acceptors (Lipinski definition) is 7. The third-order valence-electron chi connectivity index (χ3n) is 7.19. The van der Waals surface area contributed by atoms with Gasteiger partial charge in [0, 0.05) is 30.9 Å². The quantitative estimate of drug-likeness (QED) is 0.353. The maximum absolute atomic E-state index is 14.3. The lowest BCUT2D eigenvalue weighted by Gasteiger charge is -2.44. The van der Waals surface area contributed by atoms with Gasteiger partial charge in [-0.15, -0.1) is 11.3 Å². The monoisotopic (exact) mass is 579 g/mol. The number of aliphatic hydroxyl groups is 1. The van der Waals surface area contributed by atoms with E-state index in [2.05, 4.69) is 25.5 Å². The standard InChI is InChI=1S/C25H31F6N5O2S/c1-14-6-4-9-36(14)12-17-19(39-21(34-17)20(37)33-13-22(2,3)38)15-11-32-18(10-16(15)24(26,27)28)35-23(7-5-8-23)25(29,30)31/h10-11,14,38H,4-9,12-13H2,1-3H3,(H,32,35)(H,33,37)/t14-/m0/s1. The first-order valence-corrected chi connectivity index (χ1v) is 13.5. The molecule has 1 atom stereocenters. The van der Waals surface area contributed by atoms with E-state index >= 15 is 0 Å². The topological polar surface area (TPSA) is 90.4 Å². The zero-order chi connectivity index (χ0) is 28.8. The number of pyridine rings is 1. The minimum Gasteiger partial charge on any atom is -0.389 e. The van der Waals surface area contributed by atoms with Crippen molar-refractivity contribution in [3.05, 3.63) is 28.5 Å². The number of amides is 1. The minimum atomic E-state index is -4.91. The molecular formula is C25H31F6N5O2S. The number of carbonyl (C=O) groups excluding carboxylic acids is 1. The van der Waals surface area contributed by atoms with Crippen molar-refractivity contribution in [2.24, 2.45) is 0 Å². The average Bonchev–Trinajstić information content (AvgIpc) is 3.39. The van der Waals surface area contributed by atoms with Gasteiger partial charge in [0.1, 0.15) is 11.4 Å². The Morgan fingerprint density at radius 2 is 1.90 bits per heavy atom. The van der Waals surface area contributed by atoms with Crippen LogP contribution in [0.3, 0.4) is 0 Å². The van der Waals surface area contributed by atoms with Gasteiger partial charge in [0.25, 0.3) is 5.91 Å². The van der Waals surface area contributed by atoms with Gasteiger partial charge in [0.05, 0.1) is 21.7 Å². The number of aromatic nitrogens is 2. The molecule has 4 rings (SSSR count). The van der Waals surface area contributed by atoms with Crippen molar-refractivity contribution in [1.29, 1.82) is 0 Å². The zero-order valence-electron chi connectivity index (χ0n) is 21.8. The summed E-state index contributed by atoms with van der Waals surface area (Å²) in [6.07, 6.45) is -7.04. The Hall–Kier alpha value is -2.45. The molecule has 3 heterocycles. The van der Waals surface area contributed by atoms with Crippen molar-refractivity contribution in [2.75, 3.05) is 18.4 Å². The number of hydrogen-bond donors (Lipinski definition) is 3. The summed E-state index contributed by atoms with van der Waals surface area (Å²) in [5.41, 5.74) is -4.80. The summed E-state index contributed by atoms with van der Waals surface area (Å²) in [5.74, 6) is -1.17. The Labute approximate surface area is 226 Å². The van der Waals surface area contributed by atoms with Crippen LogP contribution >= 0.6 is 11.3 Å². The fraction of sp³-hybridized carbons (Fsp3) is 0.640. The third kappa shape index (κ3) is 6.49. The van der Waals surface area contributed by atoms with E-state index in [9.17, 15) is 36.2 Å². The van der Waals surface area contributed by atoms with Gasteiger partial charge in [-0.1, -0.05) is 0 Å². The lowest BCUT2D eigenvalue weighted by molar-refractivity contribution is -0.198. The first-order valence-electron chi connectivity index (χ1n) is 12.7. The second-order valence-electron chi connectivity index (χ2n) is 10.9. The molecule has 2 fully saturated rings. The van der Waals surface area contributed by atoms with Gasteiger partial charge in [0.15, 0.2) is 5.01 Å². The Balaban J connectivity index is 1.74. The Bertz CT molecular complexity index is 1200. The van der Waals surface area contributed by atoms with E-state index in [1.54, 1.807) is 0 Å². The highest BCUT2D eigenvalue weighted by atomic mass is 32.1. The number of carbonyl (C=O) groups is 1. The second kappa shape index (κ2) is 10.5. The third-order valence-corrected chi connectivity index (χ3v) is 8.32. The van der Waals surface area contributed by atoms with Crippen molar-refractivity contribution in [2.45, 2.75) is 89.0 Å². The van der Waals surface area contributed by atoms with Gasteiger partial charge >= 0.3 is 12.4 Å². The molecule has 0 unspecified atom stereocenters. The van der Waals surface area contributed by atoms with Gasteiger partial charge in [0.2, 0.25) is 0 Å². The molecule has 7 nitrogen and oxygen atoms in total. The summed E-state index contributed by atoms with van der Waals surface area (Å²) in [4.78, 5) is 23.2. The van der Waals surface area contributed by atoms with E-state index in [-0.39, 0.29) is 53.1 Å².